The molecule has 4 heterocycles. The molecule has 11 nitrogen and oxygen atoms in total. The Labute approximate surface area is 196 Å². The Balaban J connectivity index is 1.50. The molecule has 2 unspecified atom stereocenters. The quantitative estimate of drug-likeness (QED) is 0.509. The van der Waals surface area contributed by atoms with E-state index >= 15 is 0 Å². The Bertz CT molecular complexity index is 1150. The minimum Gasteiger partial charge on any atom is -0.394 e. The SMILES string of the molecule is CC[C@@H](CO)N1C(=O)[C@@H]2[C@H](C(=O)NC)[C@]3(C)CCC2(O3)C1C(=O)NCn1nnc2ccccc21. The van der Waals surface area contributed by atoms with Gasteiger partial charge in [0.25, 0.3) is 0 Å². The fourth-order valence-electron chi connectivity index (χ4n) is 6.31. The van der Waals surface area contributed by atoms with Crippen molar-refractivity contribution in [2.75, 3.05) is 13.7 Å². The molecule has 0 saturated carbocycles. The van der Waals surface area contributed by atoms with Gasteiger partial charge in [-0.3, -0.25) is 14.4 Å². The number of fused-ring (bicyclic) bond motifs is 2. The number of carbonyl (C=O) groups is 3. The largest absolute Gasteiger partial charge is 0.394 e. The van der Waals surface area contributed by atoms with Crippen LogP contribution in [0.1, 0.15) is 33.1 Å². The van der Waals surface area contributed by atoms with Gasteiger partial charge in [-0.05, 0) is 38.3 Å². The summed E-state index contributed by atoms with van der Waals surface area (Å²) in [6.45, 7) is 3.47. The maximum atomic E-state index is 13.8. The number of para-hydroxylation sites is 1. The predicted octanol–water partition coefficient (Wildman–Crippen LogP) is -0.213. The minimum absolute atomic E-state index is 0.0602. The Kier molecular flexibility index (Phi) is 5.36. The number of hydrogen-bond acceptors (Lipinski definition) is 7. The molecule has 5 rings (SSSR count). The number of ether oxygens (including phenoxy) is 1. The van der Waals surface area contributed by atoms with Crippen molar-refractivity contribution in [2.24, 2.45) is 11.8 Å². The highest BCUT2D eigenvalue weighted by molar-refractivity contribution is 5.99. The molecular weight excluding hydrogens is 440 g/mol. The number of benzene rings is 1. The first kappa shape index (κ1) is 22.7. The summed E-state index contributed by atoms with van der Waals surface area (Å²) >= 11 is 0. The van der Waals surface area contributed by atoms with Crippen molar-refractivity contribution in [2.45, 2.75) is 63.1 Å². The van der Waals surface area contributed by atoms with Crippen LogP contribution in [-0.2, 0) is 25.8 Å². The summed E-state index contributed by atoms with van der Waals surface area (Å²) in [5.41, 5.74) is -0.475. The average molecular weight is 471 g/mol. The molecule has 3 saturated heterocycles. The highest BCUT2D eigenvalue weighted by atomic mass is 16.5. The lowest BCUT2D eigenvalue weighted by atomic mass is 9.66. The molecule has 3 aliphatic rings. The van der Waals surface area contributed by atoms with E-state index in [1.165, 1.54) is 11.9 Å². The standard InChI is InChI=1S/C23H30N6O5/c1-4-13(11-30)29-18(20(32)25-12-28-15-8-6-5-7-14(15)26-27-28)23-10-9-22(2,34-23)16(19(31)24-3)17(23)21(29)33/h5-8,13,16-18,30H,4,9-12H2,1-3H3,(H,24,31)(H,25,32)/t13-,16+,17-,18?,22-,23?/m0/s1. The Morgan fingerprint density at radius 3 is 2.76 bits per heavy atom. The van der Waals surface area contributed by atoms with Crippen molar-refractivity contribution in [1.29, 1.82) is 0 Å². The third kappa shape index (κ3) is 2.99. The van der Waals surface area contributed by atoms with E-state index in [0.29, 0.717) is 24.8 Å². The fraction of sp³-hybridized carbons (Fsp3) is 0.609. The summed E-state index contributed by atoms with van der Waals surface area (Å²) in [5, 5.41) is 23.8. The molecule has 11 heteroatoms. The lowest BCUT2D eigenvalue weighted by Gasteiger charge is -2.36. The second-order valence-electron chi connectivity index (χ2n) is 9.61. The van der Waals surface area contributed by atoms with Crippen LogP contribution in [0.4, 0.5) is 0 Å². The second-order valence-corrected chi connectivity index (χ2v) is 9.61. The second kappa shape index (κ2) is 8.02. The van der Waals surface area contributed by atoms with E-state index in [1.54, 1.807) is 4.68 Å². The smallest absolute Gasteiger partial charge is 0.247 e. The van der Waals surface area contributed by atoms with Crippen LogP contribution in [0.5, 0.6) is 0 Å². The summed E-state index contributed by atoms with van der Waals surface area (Å²) in [4.78, 5) is 41.8. The zero-order chi connectivity index (χ0) is 24.3. The van der Waals surface area contributed by atoms with Gasteiger partial charge in [0.05, 0.1) is 35.6 Å². The van der Waals surface area contributed by atoms with Gasteiger partial charge in [0.2, 0.25) is 17.7 Å². The third-order valence-electron chi connectivity index (χ3n) is 7.89. The van der Waals surface area contributed by atoms with Crippen molar-refractivity contribution in [1.82, 2.24) is 30.5 Å². The van der Waals surface area contributed by atoms with Crippen LogP contribution in [0, 0.1) is 11.8 Å². The Morgan fingerprint density at radius 2 is 2.06 bits per heavy atom. The Morgan fingerprint density at radius 1 is 1.29 bits per heavy atom. The van der Waals surface area contributed by atoms with Crippen molar-refractivity contribution >= 4 is 28.8 Å². The number of amides is 3. The van der Waals surface area contributed by atoms with Crippen LogP contribution < -0.4 is 10.6 Å². The summed E-state index contributed by atoms with van der Waals surface area (Å²) in [6.07, 6.45) is 1.51. The van der Waals surface area contributed by atoms with Crippen molar-refractivity contribution in [3.63, 3.8) is 0 Å². The predicted molar refractivity (Wildman–Crippen MR) is 120 cm³/mol. The van der Waals surface area contributed by atoms with Gasteiger partial charge in [-0.25, -0.2) is 4.68 Å². The van der Waals surface area contributed by atoms with Gasteiger partial charge >= 0.3 is 0 Å². The molecule has 3 amide bonds. The Hall–Kier alpha value is -3.05. The monoisotopic (exact) mass is 470 g/mol. The number of rotatable bonds is 7. The number of hydrogen-bond donors (Lipinski definition) is 3. The van der Waals surface area contributed by atoms with E-state index in [4.69, 9.17) is 4.74 Å². The van der Waals surface area contributed by atoms with Gasteiger partial charge in [-0.15, -0.1) is 5.10 Å². The summed E-state index contributed by atoms with van der Waals surface area (Å²) in [5.74, 6) is -2.47. The van der Waals surface area contributed by atoms with E-state index in [1.807, 2.05) is 38.1 Å². The molecule has 3 fully saturated rings. The average Bonchev–Trinajstić information content (AvgIpc) is 3.54. The van der Waals surface area contributed by atoms with Crippen LogP contribution in [0.3, 0.4) is 0 Å². The molecule has 34 heavy (non-hydrogen) atoms. The number of carbonyl (C=O) groups excluding carboxylic acids is 3. The molecule has 3 aliphatic heterocycles. The highest BCUT2D eigenvalue weighted by Gasteiger charge is 2.78. The maximum Gasteiger partial charge on any atom is 0.247 e. The van der Waals surface area contributed by atoms with Crippen molar-refractivity contribution in [3.8, 4) is 0 Å². The van der Waals surface area contributed by atoms with Crippen LogP contribution in [-0.4, -0.2) is 79.7 Å². The first-order valence-electron chi connectivity index (χ1n) is 11.7. The van der Waals surface area contributed by atoms with Crippen molar-refractivity contribution < 1.29 is 24.2 Å². The number of aliphatic hydroxyl groups is 1. The normalized spacial score (nSPS) is 32.8. The number of aliphatic hydroxyl groups excluding tert-OH is 1. The molecule has 3 N–H and O–H groups in total. The number of likely N-dealkylation sites (tertiary alicyclic amines) is 1. The van der Waals surface area contributed by atoms with Gasteiger partial charge < -0.3 is 25.4 Å². The minimum atomic E-state index is -1.12. The van der Waals surface area contributed by atoms with Gasteiger partial charge in [0, 0.05) is 7.05 Å². The van der Waals surface area contributed by atoms with E-state index in [-0.39, 0.29) is 25.1 Å². The molecule has 2 aromatic rings. The molecule has 6 atom stereocenters. The fourth-order valence-corrected chi connectivity index (χ4v) is 6.31. The molecule has 0 aliphatic carbocycles. The van der Waals surface area contributed by atoms with Gasteiger partial charge in [0.15, 0.2) is 0 Å². The van der Waals surface area contributed by atoms with E-state index in [2.05, 4.69) is 20.9 Å². The van der Waals surface area contributed by atoms with Crippen LogP contribution >= 0.6 is 0 Å². The third-order valence-corrected chi connectivity index (χ3v) is 7.89. The summed E-state index contributed by atoms with van der Waals surface area (Å²) in [7, 11) is 1.54. The van der Waals surface area contributed by atoms with Gasteiger partial charge in [-0.1, -0.05) is 24.3 Å². The summed E-state index contributed by atoms with van der Waals surface area (Å²) < 4.78 is 8.07. The lowest BCUT2D eigenvalue weighted by molar-refractivity contribution is -0.149. The maximum absolute atomic E-state index is 13.8. The molecule has 182 valence electrons. The molecule has 1 aromatic heterocycles. The zero-order valence-corrected chi connectivity index (χ0v) is 19.5. The van der Waals surface area contributed by atoms with Crippen LogP contribution in [0.2, 0.25) is 0 Å². The zero-order valence-electron chi connectivity index (χ0n) is 19.5. The molecular formula is C23H30N6O5. The molecule has 1 aromatic carbocycles. The van der Waals surface area contributed by atoms with E-state index in [9.17, 15) is 19.5 Å². The van der Waals surface area contributed by atoms with E-state index in [0.717, 1.165) is 5.52 Å². The number of nitrogens with zero attached hydrogens (tertiary/aromatic N) is 4. The number of nitrogens with one attached hydrogen (secondary N) is 2. The topological polar surface area (TPSA) is 139 Å². The number of aromatic nitrogens is 3. The summed E-state index contributed by atoms with van der Waals surface area (Å²) in [6, 6.07) is 5.89. The molecule has 1 spiro atoms. The van der Waals surface area contributed by atoms with Gasteiger partial charge in [0.1, 0.15) is 23.8 Å². The molecule has 0 radical (unpaired) electrons. The van der Waals surface area contributed by atoms with Gasteiger partial charge in [-0.2, -0.15) is 0 Å². The first-order chi connectivity index (χ1) is 16.3. The van der Waals surface area contributed by atoms with Crippen molar-refractivity contribution in [3.05, 3.63) is 24.3 Å². The lowest BCUT2D eigenvalue weighted by Crippen LogP contribution is -2.58. The first-order valence-corrected chi connectivity index (χ1v) is 11.7. The molecule has 2 bridgehead atoms. The van der Waals surface area contributed by atoms with Crippen LogP contribution in [0.25, 0.3) is 11.0 Å². The van der Waals surface area contributed by atoms with Crippen LogP contribution in [0.15, 0.2) is 24.3 Å². The highest BCUT2D eigenvalue weighted by Crippen LogP contribution is 2.63. The van der Waals surface area contributed by atoms with E-state index < -0.39 is 41.0 Å².